The SMILES string of the molecule is COC1CCC(Nc2ccc(CCO)cc2)CC1. The maximum absolute atomic E-state index is 8.87. The first-order valence-electron chi connectivity index (χ1n) is 6.81. The fourth-order valence-corrected chi connectivity index (χ4v) is 2.58. The summed E-state index contributed by atoms with van der Waals surface area (Å²) in [6, 6.07) is 8.94. The minimum absolute atomic E-state index is 0.216. The number of ether oxygens (including phenoxy) is 1. The zero-order chi connectivity index (χ0) is 12.8. The van der Waals surface area contributed by atoms with Crippen molar-refractivity contribution in [1.29, 1.82) is 0 Å². The van der Waals surface area contributed by atoms with Crippen LogP contribution in [0.1, 0.15) is 31.2 Å². The van der Waals surface area contributed by atoms with E-state index in [1.165, 1.54) is 24.1 Å². The summed E-state index contributed by atoms with van der Waals surface area (Å²) in [5.74, 6) is 0. The Kier molecular flexibility index (Phi) is 5.02. The van der Waals surface area contributed by atoms with Crippen molar-refractivity contribution in [2.24, 2.45) is 0 Å². The molecule has 0 unspecified atom stereocenters. The van der Waals surface area contributed by atoms with E-state index >= 15 is 0 Å². The number of anilines is 1. The minimum Gasteiger partial charge on any atom is -0.396 e. The molecule has 0 amide bonds. The van der Waals surface area contributed by atoms with Crippen LogP contribution >= 0.6 is 0 Å². The van der Waals surface area contributed by atoms with Gasteiger partial charge in [-0.1, -0.05) is 12.1 Å². The van der Waals surface area contributed by atoms with E-state index in [-0.39, 0.29) is 6.61 Å². The molecule has 1 aromatic carbocycles. The summed E-state index contributed by atoms with van der Waals surface area (Å²) < 4.78 is 5.38. The molecule has 18 heavy (non-hydrogen) atoms. The fourth-order valence-electron chi connectivity index (χ4n) is 2.58. The zero-order valence-corrected chi connectivity index (χ0v) is 11.1. The quantitative estimate of drug-likeness (QED) is 0.843. The molecule has 0 spiro atoms. The minimum atomic E-state index is 0.216. The second kappa shape index (κ2) is 6.76. The van der Waals surface area contributed by atoms with Crippen LogP contribution in [0, 0.1) is 0 Å². The number of hydrogen-bond donors (Lipinski definition) is 2. The number of methoxy groups -OCH3 is 1. The van der Waals surface area contributed by atoms with Crippen LogP contribution in [-0.4, -0.2) is 31.0 Å². The van der Waals surface area contributed by atoms with Crippen molar-refractivity contribution >= 4 is 5.69 Å². The van der Waals surface area contributed by atoms with Crippen LogP contribution in [0.4, 0.5) is 5.69 Å². The van der Waals surface area contributed by atoms with E-state index in [2.05, 4.69) is 29.6 Å². The highest BCUT2D eigenvalue weighted by atomic mass is 16.5. The van der Waals surface area contributed by atoms with E-state index in [4.69, 9.17) is 9.84 Å². The van der Waals surface area contributed by atoms with Crippen molar-refractivity contribution < 1.29 is 9.84 Å². The Morgan fingerprint density at radius 3 is 2.39 bits per heavy atom. The normalized spacial score (nSPS) is 23.9. The number of aliphatic hydroxyl groups excluding tert-OH is 1. The Morgan fingerprint density at radius 1 is 1.17 bits per heavy atom. The van der Waals surface area contributed by atoms with Crippen molar-refractivity contribution in [3.8, 4) is 0 Å². The second-order valence-electron chi connectivity index (χ2n) is 5.02. The molecule has 0 aromatic heterocycles. The standard InChI is InChI=1S/C15H23NO2/c1-18-15-8-6-14(7-9-15)16-13-4-2-12(3-5-13)10-11-17/h2-5,14-17H,6-11H2,1H3. The van der Waals surface area contributed by atoms with Gasteiger partial charge >= 0.3 is 0 Å². The Hall–Kier alpha value is -1.06. The van der Waals surface area contributed by atoms with Gasteiger partial charge in [-0.2, -0.15) is 0 Å². The molecule has 1 aromatic rings. The highest BCUT2D eigenvalue weighted by Crippen LogP contribution is 2.23. The molecule has 0 saturated heterocycles. The summed E-state index contributed by atoms with van der Waals surface area (Å²) in [7, 11) is 1.80. The Morgan fingerprint density at radius 2 is 1.83 bits per heavy atom. The van der Waals surface area contributed by atoms with Crippen LogP contribution in [0.3, 0.4) is 0 Å². The molecule has 0 atom stereocenters. The van der Waals surface area contributed by atoms with Crippen LogP contribution in [0.25, 0.3) is 0 Å². The van der Waals surface area contributed by atoms with Gasteiger partial charge in [-0.25, -0.2) is 0 Å². The van der Waals surface area contributed by atoms with Gasteiger partial charge in [0.1, 0.15) is 0 Å². The second-order valence-corrected chi connectivity index (χ2v) is 5.02. The van der Waals surface area contributed by atoms with Gasteiger partial charge in [-0.05, 0) is 49.8 Å². The summed E-state index contributed by atoms with van der Waals surface area (Å²) in [5, 5.41) is 12.4. The largest absolute Gasteiger partial charge is 0.396 e. The maximum Gasteiger partial charge on any atom is 0.0572 e. The number of hydrogen-bond acceptors (Lipinski definition) is 3. The predicted octanol–water partition coefficient (Wildman–Crippen LogP) is 2.59. The first kappa shape index (κ1) is 13.4. The molecule has 2 rings (SSSR count). The first-order chi connectivity index (χ1) is 8.81. The van der Waals surface area contributed by atoms with Crippen molar-refractivity contribution in [2.75, 3.05) is 19.0 Å². The van der Waals surface area contributed by atoms with Gasteiger partial charge in [-0.15, -0.1) is 0 Å². The summed E-state index contributed by atoms with van der Waals surface area (Å²) in [6.07, 6.45) is 5.84. The van der Waals surface area contributed by atoms with Gasteiger partial charge in [0.05, 0.1) is 6.10 Å². The van der Waals surface area contributed by atoms with E-state index < -0.39 is 0 Å². The molecule has 0 aliphatic heterocycles. The highest BCUT2D eigenvalue weighted by Gasteiger charge is 2.20. The van der Waals surface area contributed by atoms with Gasteiger partial charge in [0.25, 0.3) is 0 Å². The van der Waals surface area contributed by atoms with Crippen LogP contribution < -0.4 is 5.32 Å². The van der Waals surface area contributed by atoms with Crippen LogP contribution in [0.2, 0.25) is 0 Å². The van der Waals surface area contributed by atoms with E-state index in [1.54, 1.807) is 7.11 Å². The molecule has 1 saturated carbocycles. The van der Waals surface area contributed by atoms with Gasteiger partial charge in [0.15, 0.2) is 0 Å². The molecular weight excluding hydrogens is 226 g/mol. The van der Waals surface area contributed by atoms with Gasteiger partial charge in [-0.3, -0.25) is 0 Å². The monoisotopic (exact) mass is 249 g/mol. The highest BCUT2D eigenvalue weighted by molar-refractivity contribution is 5.45. The van der Waals surface area contributed by atoms with Gasteiger partial charge < -0.3 is 15.2 Å². The van der Waals surface area contributed by atoms with E-state index in [0.29, 0.717) is 12.1 Å². The molecule has 0 bridgehead atoms. The topological polar surface area (TPSA) is 41.5 Å². The lowest BCUT2D eigenvalue weighted by Gasteiger charge is -2.28. The molecule has 0 heterocycles. The number of aliphatic hydroxyl groups is 1. The molecular formula is C15H23NO2. The number of benzene rings is 1. The molecule has 0 radical (unpaired) electrons. The predicted molar refractivity (Wildman–Crippen MR) is 73.9 cm³/mol. The molecule has 1 aliphatic rings. The third-order valence-corrected chi connectivity index (χ3v) is 3.73. The third kappa shape index (κ3) is 3.72. The lowest BCUT2D eigenvalue weighted by atomic mass is 9.93. The lowest BCUT2D eigenvalue weighted by Crippen LogP contribution is -2.29. The van der Waals surface area contributed by atoms with Gasteiger partial charge in [0, 0.05) is 25.4 Å². The Bertz CT molecular complexity index is 342. The van der Waals surface area contributed by atoms with Crippen molar-refractivity contribution in [2.45, 2.75) is 44.2 Å². The molecule has 1 aliphatic carbocycles. The Balaban J connectivity index is 1.82. The molecule has 3 heteroatoms. The van der Waals surface area contributed by atoms with Crippen LogP contribution in [-0.2, 0) is 11.2 Å². The average Bonchev–Trinajstić information content (AvgIpc) is 2.42. The summed E-state index contributed by atoms with van der Waals surface area (Å²) in [4.78, 5) is 0. The fraction of sp³-hybridized carbons (Fsp3) is 0.600. The number of rotatable bonds is 5. The molecule has 1 fully saturated rings. The summed E-state index contributed by atoms with van der Waals surface area (Å²) in [5.41, 5.74) is 2.36. The van der Waals surface area contributed by atoms with E-state index in [9.17, 15) is 0 Å². The third-order valence-electron chi connectivity index (χ3n) is 3.73. The summed E-state index contributed by atoms with van der Waals surface area (Å²) in [6.45, 7) is 0.216. The van der Waals surface area contributed by atoms with Crippen molar-refractivity contribution in [3.63, 3.8) is 0 Å². The van der Waals surface area contributed by atoms with E-state index in [0.717, 1.165) is 19.3 Å². The smallest absolute Gasteiger partial charge is 0.0572 e. The molecule has 3 nitrogen and oxygen atoms in total. The van der Waals surface area contributed by atoms with E-state index in [1.807, 2.05) is 0 Å². The van der Waals surface area contributed by atoms with Crippen molar-refractivity contribution in [3.05, 3.63) is 29.8 Å². The zero-order valence-electron chi connectivity index (χ0n) is 11.1. The molecule has 100 valence electrons. The van der Waals surface area contributed by atoms with Crippen LogP contribution in [0.5, 0.6) is 0 Å². The van der Waals surface area contributed by atoms with Crippen LogP contribution in [0.15, 0.2) is 24.3 Å². The first-order valence-corrected chi connectivity index (χ1v) is 6.81. The molecule has 2 N–H and O–H groups in total. The maximum atomic E-state index is 8.87. The Labute approximate surface area is 109 Å². The number of nitrogens with one attached hydrogen (secondary N) is 1. The van der Waals surface area contributed by atoms with Crippen molar-refractivity contribution in [1.82, 2.24) is 0 Å². The average molecular weight is 249 g/mol. The summed E-state index contributed by atoms with van der Waals surface area (Å²) >= 11 is 0. The van der Waals surface area contributed by atoms with Gasteiger partial charge in [0.2, 0.25) is 0 Å². The lowest BCUT2D eigenvalue weighted by molar-refractivity contribution is 0.0682.